The third-order valence-electron chi connectivity index (χ3n) is 6.27. The number of pyridine rings is 1. The van der Waals surface area contributed by atoms with E-state index in [1.54, 1.807) is 9.30 Å². The van der Waals surface area contributed by atoms with Crippen molar-refractivity contribution >= 4 is 30.0 Å². The van der Waals surface area contributed by atoms with E-state index in [4.69, 9.17) is 10.5 Å². The maximum atomic E-state index is 13.1. The lowest BCUT2D eigenvalue weighted by molar-refractivity contribution is 0.0905. The molecule has 2 aliphatic rings. The minimum Gasteiger partial charge on any atom is -0.489 e. The van der Waals surface area contributed by atoms with Crippen LogP contribution in [0.1, 0.15) is 61.1 Å². The van der Waals surface area contributed by atoms with E-state index < -0.39 is 6.03 Å². The summed E-state index contributed by atoms with van der Waals surface area (Å²) in [5, 5.41) is 3.05. The molecule has 1 aliphatic heterocycles. The van der Waals surface area contributed by atoms with Gasteiger partial charge in [-0.15, -0.1) is 12.4 Å². The second-order valence-corrected chi connectivity index (χ2v) is 8.52. The van der Waals surface area contributed by atoms with E-state index in [2.05, 4.69) is 10.3 Å². The number of nitrogens with one attached hydrogen (secondary N) is 1. The van der Waals surface area contributed by atoms with Gasteiger partial charge in [-0.2, -0.15) is 0 Å². The summed E-state index contributed by atoms with van der Waals surface area (Å²) in [7, 11) is 0. The van der Waals surface area contributed by atoms with Crippen molar-refractivity contribution in [2.45, 2.75) is 57.9 Å². The predicted molar refractivity (Wildman–Crippen MR) is 121 cm³/mol. The molecule has 31 heavy (non-hydrogen) atoms. The number of ether oxygens (including phenoxy) is 1. The van der Waals surface area contributed by atoms with Crippen molar-refractivity contribution in [1.29, 1.82) is 0 Å². The summed E-state index contributed by atoms with van der Waals surface area (Å²) >= 11 is 0. The fourth-order valence-corrected chi connectivity index (χ4v) is 4.65. The number of fused-ring (bicyclic) bond motifs is 1. The van der Waals surface area contributed by atoms with E-state index in [-0.39, 0.29) is 24.4 Å². The molecule has 1 atom stereocenters. The highest BCUT2D eigenvalue weighted by Crippen LogP contribution is 2.27. The van der Waals surface area contributed by atoms with Gasteiger partial charge in [0.25, 0.3) is 5.91 Å². The van der Waals surface area contributed by atoms with E-state index in [0.29, 0.717) is 48.4 Å². The number of amides is 3. The Morgan fingerprint density at radius 1 is 1.23 bits per heavy atom. The average Bonchev–Trinajstić information content (AvgIpc) is 3.09. The molecule has 170 valence electrons. The first-order chi connectivity index (χ1) is 14.5. The quantitative estimate of drug-likeness (QED) is 0.731. The second kappa shape index (κ2) is 10.2. The van der Waals surface area contributed by atoms with Gasteiger partial charge in [0.05, 0.1) is 12.3 Å². The van der Waals surface area contributed by atoms with Gasteiger partial charge in [-0.25, -0.2) is 9.78 Å². The molecule has 8 nitrogen and oxygen atoms in total. The van der Waals surface area contributed by atoms with Crippen LogP contribution in [0.4, 0.5) is 4.79 Å². The number of hydrogen-bond donors (Lipinski definition) is 2. The summed E-state index contributed by atoms with van der Waals surface area (Å²) in [6.07, 6.45) is 9.79. The molecule has 3 amide bonds. The van der Waals surface area contributed by atoms with Crippen molar-refractivity contribution in [2.75, 3.05) is 19.7 Å². The van der Waals surface area contributed by atoms with Crippen molar-refractivity contribution in [3.8, 4) is 5.75 Å². The highest BCUT2D eigenvalue weighted by Gasteiger charge is 2.26. The largest absolute Gasteiger partial charge is 0.489 e. The standard InChI is InChI=1S/C22H31N5O3.ClH/c1-15-19(21(28)25-17-9-5-11-26(13-17)22(23)29)27-12-6-10-18(20(27)24-15)30-14-16-7-3-2-4-8-16;/h6,10,12,16-17H,2-5,7-9,11,13-14H2,1H3,(H2,23,29)(H,25,28);1H/t17-;/m0./s1. The molecular weight excluding hydrogens is 418 g/mol. The monoisotopic (exact) mass is 449 g/mol. The molecule has 0 aromatic carbocycles. The number of aromatic nitrogens is 2. The zero-order chi connectivity index (χ0) is 21.1. The van der Waals surface area contributed by atoms with Gasteiger partial charge in [0.1, 0.15) is 5.69 Å². The average molecular weight is 450 g/mol. The van der Waals surface area contributed by atoms with Crippen LogP contribution in [0, 0.1) is 12.8 Å². The van der Waals surface area contributed by atoms with Crippen molar-refractivity contribution in [2.24, 2.45) is 11.7 Å². The number of primary amides is 1. The van der Waals surface area contributed by atoms with Crippen LogP contribution in [-0.2, 0) is 0 Å². The van der Waals surface area contributed by atoms with Gasteiger partial charge >= 0.3 is 6.03 Å². The zero-order valence-corrected chi connectivity index (χ0v) is 18.8. The molecule has 0 bridgehead atoms. The van der Waals surface area contributed by atoms with Crippen LogP contribution in [0.2, 0.25) is 0 Å². The van der Waals surface area contributed by atoms with Gasteiger partial charge in [0.15, 0.2) is 11.4 Å². The molecule has 3 heterocycles. The van der Waals surface area contributed by atoms with Gasteiger partial charge in [-0.1, -0.05) is 19.3 Å². The van der Waals surface area contributed by atoms with E-state index in [0.717, 1.165) is 12.8 Å². The fourth-order valence-electron chi connectivity index (χ4n) is 4.65. The third-order valence-corrected chi connectivity index (χ3v) is 6.27. The molecule has 2 aromatic rings. The third kappa shape index (κ3) is 5.23. The highest BCUT2D eigenvalue weighted by molar-refractivity contribution is 5.95. The molecule has 1 saturated heterocycles. The number of nitrogens with zero attached hydrogens (tertiary/aromatic N) is 3. The molecular formula is C22H32ClN5O3. The Morgan fingerprint density at radius 2 is 2.00 bits per heavy atom. The van der Waals surface area contributed by atoms with Gasteiger partial charge in [-0.3, -0.25) is 9.20 Å². The van der Waals surface area contributed by atoms with Crippen LogP contribution in [0.3, 0.4) is 0 Å². The molecule has 2 fully saturated rings. The second-order valence-electron chi connectivity index (χ2n) is 8.52. The van der Waals surface area contributed by atoms with Gasteiger partial charge in [0, 0.05) is 25.3 Å². The van der Waals surface area contributed by atoms with Crippen LogP contribution in [0.5, 0.6) is 5.75 Å². The van der Waals surface area contributed by atoms with Gasteiger partial charge < -0.3 is 20.7 Å². The molecule has 0 spiro atoms. The van der Waals surface area contributed by atoms with E-state index in [9.17, 15) is 9.59 Å². The molecule has 1 saturated carbocycles. The molecule has 1 aliphatic carbocycles. The van der Waals surface area contributed by atoms with Crippen LogP contribution >= 0.6 is 12.4 Å². The minimum absolute atomic E-state index is 0. The maximum absolute atomic E-state index is 13.1. The predicted octanol–water partition coefficient (Wildman–Crippen LogP) is 3.30. The molecule has 2 aromatic heterocycles. The Morgan fingerprint density at radius 3 is 2.74 bits per heavy atom. The Balaban J connectivity index is 0.00000272. The summed E-state index contributed by atoms with van der Waals surface area (Å²) in [6, 6.07) is 3.24. The summed E-state index contributed by atoms with van der Waals surface area (Å²) in [5.74, 6) is 1.11. The number of carbonyl (C=O) groups excluding carboxylic acids is 2. The minimum atomic E-state index is -0.445. The first kappa shape index (κ1) is 23.2. The number of urea groups is 1. The van der Waals surface area contributed by atoms with E-state index in [1.807, 2.05) is 25.3 Å². The van der Waals surface area contributed by atoms with E-state index in [1.165, 1.54) is 32.1 Å². The Kier molecular flexibility index (Phi) is 7.64. The number of aryl methyl sites for hydroxylation is 1. The fraction of sp³-hybridized carbons (Fsp3) is 0.591. The Hall–Kier alpha value is -2.48. The molecule has 0 unspecified atom stereocenters. The summed E-state index contributed by atoms with van der Waals surface area (Å²) in [4.78, 5) is 30.7. The molecule has 4 rings (SSSR count). The van der Waals surface area contributed by atoms with Crippen molar-refractivity contribution in [1.82, 2.24) is 19.6 Å². The Labute approximate surface area is 188 Å². The van der Waals surface area contributed by atoms with Gasteiger partial charge in [0.2, 0.25) is 0 Å². The number of nitrogens with two attached hydrogens (primary N) is 1. The van der Waals surface area contributed by atoms with E-state index >= 15 is 0 Å². The topological polar surface area (TPSA) is 102 Å². The lowest BCUT2D eigenvalue weighted by Crippen LogP contribution is -2.51. The zero-order valence-electron chi connectivity index (χ0n) is 18.0. The summed E-state index contributed by atoms with van der Waals surface area (Å²) in [6.45, 7) is 3.60. The molecule has 3 N–H and O–H groups in total. The number of piperidine rings is 1. The maximum Gasteiger partial charge on any atom is 0.314 e. The van der Waals surface area contributed by atoms with Crippen LogP contribution in [-0.4, -0.2) is 52.0 Å². The van der Waals surface area contributed by atoms with Crippen LogP contribution < -0.4 is 15.8 Å². The number of imidazole rings is 1. The first-order valence-corrected chi connectivity index (χ1v) is 11.0. The normalized spacial score (nSPS) is 19.6. The Bertz CT molecular complexity index is 925. The SMILES string of the molecule is Cc1nc2c(OCC3CCCCC3)cccn2c1C(=O)N[C@H]1CCCN(C(N)=O)C1.Cl. The van der Waals surface area contributed by atoms with Crippen molar-refractivity contribution in [3.63, 3.8) is 0 Å². The number of likely N-dealkylation sites (tertiary alicyclic amines) is 1. The number of halogens is 1. The smallest absolute Gasteiger partial charge is 0.314 e. The number of rotatable bonds is 5. The first-order valence-electron chi connectivity index (χ1n) is 11.0. The summed E-state index contributed by atoms with van der Waals surface area (Å²) < 4.78 is 7.93. The van der Waals surface area contributed by atoms with Crippen molar-refractivity contribution < 1.29 is 14.3 Å². The summed E-state index contributed by atoms with van der Waals surface area (Å²) in [5.41, 5.74) is 7.22. The molecule has 0 radical (unpaired) electrons. The molecule has 9 heteroatoms. The van der Waals surface area contributed by atoms with Crippen molar-refractivity contribution in [3.05, 3.63) is 29.7 Å². The lowest BCUT2D eigenvalue weighted by Gasteiger charge is -2.31. The highest BCUT2D eigenvalue weighted by atomic mass is 35.5. The van der Waals surface area contributed by atoms with Crippen LogP contribution in [0.25, 0.3) is 5.65 Å². The lowest BCUT2D eigenvalue weighted by atomic mass is 9.90. The van der Waals surface area contributed by atoms with Gasteiger partial charge in [-0.05, 0) is 50.7 Å². The number of hydrogen-bond acceptors (Lipinski definition) is 4. The van der Waals surface area contributed by atoms with Crippen LogP contribution in [0.15, 0.2) is 18.3 Å². The number of carbonyl (C=O) groups is 2.